The van der Waals surface area contributed by atoms with E-state index in [1.165, 1.54) is 0 Å². The number of benzene rings is 1. The van der Waals surface area contributed by atoms with Crippen molar-refractivity contribution >= 4 is 22.1 Å². The molecule has 0 saturated carbocycles. The minimum absolute atomic E-state index is 0. The Labute approximate surface area is 153 Å². The summed E-state index contributed by atoms with van der Waals surface area (Å²) in [5.41, 5.74) is -2.49. The maximum atomic E-state index is 11.5. The summed E-state index contributed by atoms with van der Waals surface area (Å²) >= 11 is 0. The third-order valence-electron chi connectivity index (χ3n) is 2.77. The minimum atomic E-state index is -5.18. The molecule has 0 saturated heterocycles. The largest absolute Gasteiger partial charge is 1.00 e. The number of aliphatic hydroxyl groups is 2. The molecule has 0 unspecified atom stereocenters. The van der Waals surface area contributed by atoms with Crippen molar-refractivity contribution in [2.45, 2.75) is 17.7 Å². The van der Waals surface area contributed by atoms with Crippen LogP contribution in [0.25, 0.3) is 0 Å². The molecule has 0 aliphatic heterocycles. The Bertz CT molecular complexity index is 669. The van der Waals surface area contributed by atoms with Gasteiger partial charge >= 0.3 is 29.6 Å². The average Bonchev–Trinajstić information content (AvgIpc) is 2.36. The number of carboxylic acids is 2. The zero-order valence-electron chi connectivity index (χ0n) is 12.1. The molecule has 122 valence electrons. The van der Waals surface area contributed by atoms with Crippen LogP contribution in [0.5, 0.6) is 0 Å². The van der Waals surface area contributed by atoms with Gasteiger partial charge in [0, 0.05) is 18.1 Å². The molecule has 0 aliphatic carbocycles. The first-order chi connectivity index (χ1) is 10.1. The number of hydrogen-bond donors (Lipinski definition) is 5. The van der Waals surface area contributed by atoms with Crippen molar-refractivity contribution in [1.82, 2.24) is 0 Å². The van der Waals surface area contributed by atoms with E-state index >= 15 is 0 Å². The van der Waals surface area contributed by atoms with Crippen molar-refractivity contribution < 1.29 is 72.5 Å². The first-order valence-electron chi connectivity index (χ1n) is 5.92. The monoisotopic (exact) mass is 356 g/mol. The molecule has 1 aromatic carbocycles. The molecule has 0 radical (unpaired) electrons. The Hall–Kier alpha value is -1.01. The molecule has 0 aromatic heterocycles. The van der Waals surface area contributed by atoms with Crippen molar-refractivity contribution in [3.05, 3.63) is 28.3 Å². The van der Waals surface area contributed by atoms with Gasteiger partial charge in [-0.2, -0.15) is 14.5 Å². The van der Waals surface area contributed by atoms with Crippen LogP contribution in [-0.2, 0) is 23.0 Å². The van der Waals surface area contributed by atoms with Gasteiger partial charge in [0.2, 0.25) is 0 Å². The molecule has 9 nitrogen and oxygen atoms in total. The quantitative estimate of drug-likeness (QED) is 0.187. The van der Waals surface area contributed by atoms with Gasteiger partial charge in [-0.3, -0.25) is 14.1 Å². The second kappa shape index (κ2) is 8.73. The van der Waals surface area contributed by atoms with Gasteiger partial charge in [0.1, 0.15) is 0 Å². The van der Waals surface area contributed by atoms with E-state index in [9.17, 15) is 22.6 Å². The van der Waals surface area contributed by atoms with Gasteiger partial charge in [-0.05, 0) is 24.0 Å². The molecular formula is C12H13NaO9S. The third kappa shape index (κ3) is 4.98. The van der Waals surface area contributed by atoms with E-state index in [4.69, 9.17) is 20.4 Å². The Morgan fingerprint density at radius 3 is 1.48 bits per heavy atom. The van der Waals surface area contributed by atoms with Gasteiger partial charge < -0.3 is 20.4 Å². The number of carboxylic acid groups (broad SMARTS) is 2. The van der Waals surface area contributed by atoms with Crippen LogP contribution in [0.3, 0.4) is 0 Å². The third-order valence-corrected chi connectivity index (χ3v) is 3.69. The van der Waals surface area contributed by atoms with Gasteiger partial charge in [0.25, 0.3) is 22.1 Å². The maximum absolute atomic E-state index is 11.5. The van der Waals surface area contributed by atoms with Crippen LogP contribution >= 0.6 is 0 Å². The Morgan fingerprint density at radius 1 is 0.913 bits per heavy atom. The number of aliphatic hydroxyl groups excluding tert-OH is 2. The molecule has 0 aliphatic rings. The Balaban J connectivity index is 0.00000484. The second-order valence-corrected chi connectivity index (χ2v) is 5.55. The number of rotatable bonds is 7. The molecule has 1 rings (SSSR count). The van der Waals surface area contributed by atoms with Crippen LogP contribution in [0.4, 0.5) is 0 Å². The normalized spacial score (nSPS) is 10.9. The SMILES string of the molecule is O=C(O)c1c(CCO)[c-]c(CCO)c(C(=O)O)c1S(=O)(=O)O.[Na+]. The van der Waals surface area contributed by atoms with Crippen LogP contribution in [-0.4, -0.2) is 58.5 Å². The Morgan fingerprint density at radius 2 is 1.26 bits per heavy atom. The van der Waals surface area contributed by atoms with E-state index in [-0.39, 0.29) is 53.5 Å². The van der Waals surface area contributed by atoms with Crippen LogP contribution in [0.1, 0.15) is 31.8 Å². The summed E-state index contributed by atoms with van der Waals surface area (Å²) in [6, 6.07) is 2.40. The summed E-state index contributed by atoms with van der Waals surface area (Å²) in [6.45, 7) is -1.10. The predicted molar refractivity (Wildman–Crippen MR) is 70.6 cm³/mol. The number of hydrogen-bond acceptors (Lipinski definition) is 6. The molecule has 11 heteroatoms. The molecule has 1 aromatic rings. The summed E-state index contributed by atoms with van der Waals surface area (Å²) < 4.78 is 32.2. The van der Waals surface area contributed by atoms with Gasteiger partial charge in [-0.1, -0.05) is 0 Å². The Kier molecular flexibility index (Phi) is 8.35. The zero-order chi connectivity index (χ0) is 17.1. The van der Waals surface area contributed by atoms with Crippen LogP contribution in [0.15, 0.2) is 4.90 Å². The van der Waals surface area contributed by atoms with Crippen LogP contribution in [0.2, 0.25) is 0 Å². The number of aromatic carboxylic acids is 2. The molecule has 0 heterocycles. The minimum Gasteiger partial charge on any atom is -0.487 e. The van der Waals surface area contributed by atoms with Crippen LogP contribution < -0.4 is 29.6 Å². The van der Waals surface area contributed by atoms with E-state index in [0.29, 0.717) is 0 Å². The summed E-state index contributed by atoms with van der Waals surface area (Å²) in [4.78, 5) is 21.3. The van der Waals surface area contributed by atoms with E-state index in [2.05, 4.69) is 6.07 Å². The van der Waals surface area contributed by atoms with E-state index in [0.717, 1.165) is 0 Å². The molecule has 0 atom stereocenters. The molecule has 23 heavy (non-hydrogen) atoms. The standard InChI is InChI=1S/C12H13O9S.Na/c13-3-1-6-5-7(2-4-14)9(12(17)18)10(22(19,20)21)8(6)11(15)16;/h13-14H,1-4H2,(H,15,16)(H,17,18)(H,19,20,21);/q-1;+1. The molecule has 5 N–H and O–H groups in total. The van der Waals surface area contributed by atoms with Gasteiger partial charge in [0.15, 0.2) is 0 Å². The van der Waals surface area contributed by atoms with Crippen LogP contribution in [0, 0.1) is 6.07 Å². The fourth-order valence-corrected chi connectivity index (χ4v) is 2.95. The van der Waals surface area contributed by atoms with Gasteiger partial charge in [0.05, 0.1) is 0 Å². The van der Waals surface area contributed by atoms with E-state index in [1.807, 2.05) is 0 Å². The van der Waals surface area contributed by atoms with Gasteiger partial charge in [-0.15, -0.1) is 11.1 Å². The smallest absolute Gasteiger partial charge is 0.487 e. The van der Waals surface area contributed by atoms with Gasteiger partial charge in [-0.25, -0.2) is 0 Å². The fraction of sp³-hybridized carbons (Fsp3) is 0.333. The molecule has 0 fully saturated rings. The van der Waals surface area contributed by atoms with Crippen molar-refractivity contribution in [1.29, 1.82) is 0 Å². The van der Waals surface area contributed by atoms with Crippen molar-refractivity contribution in [3.63, 3.8) is 0 Å². The molecule has 0 bridgehead atoms. The molecule has 0 amide bonds. The first-order valence-corrected chi connectivity index (χ1v) is 7.36. The van der Waals surface area contributed by atoms with Crippen molar-refractivity contribution in [2.24, 2.45) is 0 Å². The van der Waals surface area contributed by atoms with Crippen molar-refractivity contribution in [3.8, 4) is 0 Å². The summed E-state index contributed by atoms with van der Waals surface area (Å²) in [5, 5.41) is 36.1. The second-order valence-electron chi connectivity index (χ2n) is 4.19. The number of carbonyl (C=O) groups is 2. The summed E-state index contributed by atoms with van der Waals surface area (Å²) in [6.07, 6.45) is -0.634. The average molecular weight is 356 g/mol. The maximum Gasteiger partial charge on any atom is 1.00 e. The topological polar surface area (TPSA) is 169 Å². The fourth-order valence-electron chi connectivity index (χ4n) is 2.02. The van der Waals surface area contributed by atoms with E-state index in [1.54, 1.807) is 0 Å². The molecule has 0 spiro atoms. The summed E-state index contributed by atoms with van der Waals surface area (Å²) in [7, 11) is -5.18. The van der Waals surface area contributed by atoms with Crippen molar-refractivity contribution in [2.75, 3.05) is 13.2 Å². The first kappa shape index (κ1) is 22.0. The molecular weight excluding hydrogens is 343 g/mol. The predicted octanol–water partition coefficient (Wildman–Crippen LogP) is -3.80. The zero-order valence-corrected chi connectivity index (χ0v) is 14.9. The van der Waals surface area contributed by atoms with E-state index < -0.39 is 51.3 Å². The summed E-state index contributed by atoms with van der Waals surface area (Å²) in [5.74, 6) is -3.57.